The quantitative estimate of drug-likeness (QED) is 0.142. The van der Waals surface area contributed by atoms with Crippen molar-refractivity contribution >= 4 is 27.8 Å². The Balaban J connectivity index is 1.12. The van der Waals surface area contributed by atoms with E-state index >= 15 is 0 Å². The molecule has 0 aliphatic heterocycles. The van der Waals surface area contributed by atoms with Gasteiger partial charge in [0.1, 0.15) is 0 Å². The monoisotopic (exact) mass is 751 g/mol. The van der Waals surface area contributed by atoms with Crippen molar-refractivity contribution in [1.29, 1.82) is 0 Å². The zero-order valence-electron chi connectivity index (χ0n) is 32.6. The highest BCUT2D eigenvalue weighted by Gasteiger charge is 2.20. The molecule has 1 nitrogen and oxygen atoms in total. The topological polar surface area (TPSA) is 3.24 Å². The highest BCUT2D eigenvalue weighted by molar-refractivity contribution is 5.94. The fraction of sp³-hybridized carbons (Fsp3) is 0. The third-order valence-corrected chi connectivity index (χ3v) is 11.3. The second-order valence-corrected chi connectivity index (χ2v) is 14.9. The Morgan fingerprint density at radius 1 is 0.203 bits per heavy atom. The van der Waals surface area contributed by atoms with Gasteiger partial charge in [-0.15, -0.1) is 0 Å². The molecular formula is C58H41N. The molecule has 0 heterocycles. The Morgan fingerprint density at radius 3 is 1.15 bits per heavy atom. The zero-order valence-corrected chi connectivity index (χ0v) is 32.6. The van der Waals surface area contributed by atoms with E-state index in [0.717, 1.165) is 33.8 Å². The van der Waals surface area contributed by atoms with E-state index in [9.17, 15) is 0 Å². The first-order valence-corrected chi connectivity index (χ1v) is 20.2. The van der Waals surface area contributed by atoms with E-state index in [2.05, 4.69) is 254 Å². The van der Waals surface area contributed by atoms with Gasteiger partial charge in [-0.2, -0.15) is 0 Å². The molecule has 0 spiro atoms. The number of hydrogen-bond acceptors (Lipinski definition) is 1. The summed E-state index contributed by atoms with van der Waals surface area (Å²) in [7, 11) is 0. The summed E-state index contributed by atoms with van der Waals surface area (Å²) in [4.78, 5) is 2.40. The van der Waals surface area contributed by atoms with Crippen LogP contribution in [0.3, 0.4) is 0 Å². The zero-order chi connectivity index (χ0) is 39.4. The van der Waals surface area contributed by atoms with Gasteiger partial charge in [0.15, 0.2) is 0 Å². The van der Waals surface area contributed by atoms with Crippen molar-refractivity contribution < 1.29 is 0 Å². The Labute approximate surface area is 346 Å². The maximum Gasteiger partial charge on any atom is 0.0540 e. The number of hydrogen-bond donors (Lipinski definition) is 0. The Bertz CT molecular complexity index is 2990. The molecule has 0 fully saturated rings. The molecule has 10 aromatic carbocycles. The predicted octanol–water partition coefficient (Wildman–Crippen LogP) is 16.3. The molecule has 10 rings (SSSR count). The molecule has 0 saturated carbocycles. The molecule has 0 saturated heterocycles. The van der Waals surface area contributed by atoms with Crippen LogP contribution in [0.4, 0.5) is 17.1 Å². The number of benzene rings is 10. The Morgan fingerprint density at radius 2 is 0.576 bits per heavy atom. The summed E-state index contributed by atoms with van der Waals surface area (Å²) in [5, 5.41) is 2.49. The van der Waals surface area contributed by atoms with Gasteiger partial charge in [0.2, 0.25) is 0 Å². The second kappa shape index (κ2) is 16.0. The minimum atomic E-state index is 1.09. The lowest BCUT2D eigenvalue weighted by molar-refractivity contribution is 1.28. The summed E-state index contributed by atoms with van der Waals surface area (Å²) >= 11 is 0. The number of fused-ring (bicyclic) bond motifs is 1. The average Bonchev–Trinajstić information content (AvgIpc) is 3.33. The minimum absolute atomic E-state index is 1.09. The van der Waals surface area contributed by atoms with Crippen LogP contribution >= 0.6 is 0 Å². The molecule has 0 bridgehead atoms. The van der Waals surface area contributed by atoms with E-state index in [1.165, 1.54) is 60.8 Å². The largest absolute Gasteiger partial charge is 0.310 e. The van der Waals surface area contributed by atoms with Gasteiger partial charge < -0.3 is 4.90 Å². The van der Waals surface area contributed by atoms with Crippen molar-refractivity contribution in [2.24, 2.45) is 0 Å². The standard InChI is InChI=1S/C58H41N/c1-5-15-42(16-6-1)44-27-33-53(34-28-44)59(54-35-29-45(30-36-54)50-26-25-43-17-13-14-24-49(43)39-50)58-38-32-52(41-57(58)48-22-11-4-12-23-48)51-31-37-55(46-18-7-2-8-19-46)56(40-51)47-20-9-3-10-21-47/h1-41H. The van der Waals surface area contributed by atoms with Crippen LogP contribution < -0.4 is 4.90 Å². The molecule has 1 heteroatoms. The summed E-state index contributed by atoms with van der Waals surface area (Å²) in [5.41, 5.74) is 17.6. The van der Waals surface area contributed by atoms with Crippen LogP contribution in [0, 0.1) is 0 Å². The van der Waals surface area contributed by atoms with Gasteiger partial charge in [-0.25, -0.2) is 0 Å². The van der Waals surface area contributed by atoms with Gasteiger partial charge in [-0.05, 0) is 121 Å². The van der Waals surface area contributed by atoms with Gasteiger partial charge in [0.05, 0.1) is 5.69 Å². The molecule has 0 atom stereocenters. The fourth-order valence-electron chi connectivity index (χ4n) is 8.24. The highest BCUT2D eigenvalue weighted by atomic mass is 15.1. The van der Waals surface area contributed by atoms with Crippen LogP contribution in [0.2, 0.25) is 0 Å². The van der Waals surface area contributed by atoms with Gasteiger partial charge in [0.25, 0.3) is 0 Å². The third kappa shape index (κ3) is 7.34. The van der Waals surface area contributed by atoms with Gasteiger partial charge in [-0.3, -0.25) is 0 Å². The summed E-state index contributed by atoms with van der Waals surface area (Å²) in [5.74, 6) is 0. The van der Waals surface area contributed by atoms with Gasteiger partial charge in [0, 0.05) is 16.9 Å². The van der Waals surface area contributed by atoms with Crippen LogP contribution in [0.25, 0.3) is 77.5 Å². The van der Waals surface area contributed by atoms with Crippen molar-refractivity contribution in [3.05, 3.63) is 249 Å². The van der Waals surface area contributed by atoms with Crippen LogP contribution in [0.5, 0.6) is 0 Å². The molecular weight excluding hydrogens is 711 g/mol. The number of nitrogens with zero attached hydrogens (tertiary/aromatic N) is 1. The molecule has 0 amide bonds. The van der Waals surface area contributed by atoms with E-state index in [-0.39, 0.29) is 0 Å². The third-order valence-electron chi connectivity index (χ3n) is 11.3. The summed E-state index contributed by atoms with van der Waals surface area (Å²) in [6, 6.07) is 89.9. The Kier molecular flexibility index (Phi) is 9.68. The van der Waals surface area contributed by atoms with E-state index in [1.54, 1.807) is 0 Å². The molecule has 0 radical (unpaired) electrons. The minimum Gasteiger partial charge on any atom is -0.310 e. The first-order chi connectivity index (χ1) is 29.2. The van der Waals surface area contributed by atoms with Crippen molar-refractivity contribution in [1.82, 2.24) is 0 Å². The summed E-state index contributed by atoms with van der Waals surface area (Å²) in [6.45, 7) is 0. The van der Waals surface area contributed by atoms with E-state index in [0.29, 0.717) is 0 Å². The molecule has 0 aliphatic rings. The molecule has 0 aliphatic carbocycles. The lowest BCUT2D eigenvalue weighted by atomic mass is 9.90. The lowest BCUT2D eigenvalue weighted by Gasteiger charge is -2.29. The summed E-state index contributed by atoms with van der Waals surface area (Å²) in [6.07, 6.45) is 0. The lowest BCUT2D eigenvalue weighted by Crippen LogP contribution is -2.11. The molecule has 0 unspecified atom stereocenters. The molecule has 0 aromatic heterocycles. The first kappa shape index (κ1) is 35.7. The van der Waals surface area contributed by atoms with Gasteiger partial charge >= 0.3 is 0 Å². The van der Waals surface area contributed by atoms with Crippen LogP contribution in [-0.4, -0.2) is 0 Å². The predicted molar refractivity (Wildman–Crippen MR) is 251 cm³/mol. The van der Waals surface area contributed by atoms with Crippen molar-refractivity contribution in [2.45, 2.75) is 0 Å². The normalized spacial score (nSPS) is 11.1. The van der Waals surface area contributed by atoms with E-state index < -0.39 is 0 Å². The molecule has 10 aromatic rings. The van der Waals surface area contributed by atoms with Crippen molar-refractivity contribution in [2.75, 3.05) is 4.90 Å². The smallest absolute Gasteiger partial charge is 0.0540 e. The van der Waals surface area contributed by atoms with Gasteiger partial charge in [-0.1, -0.05) is 200 Å². The Hall–Kier alpha value is -7.74. The van der Waals surface area contributed by atoms with Crippen molar-refractivity contribution in [3.8, 4) is 66.8 Å². The van der Waals surface area contributed by atoms with Crippen LogP contribution in [0.1, 0.15) is 0 Å². The molecule has 59 heavy (non-hydrogen) atoms. The van der Waals surface area contributed by atoms with Crippen molar-refractivity contribution in [3.63, 3.8) is 0 Å². The summed E-state index contributed by atoms with van der Waals surface area (Å²) < 4.78 is 0. The van der Waals surface area contributed by atoms with E-state index in [1.807, 2.05) is 0 Å². The second-order valence-electron chi connectivity index (χ2n) is 14.9. The highest BCUT2D eigenvalue weighted by Crippen LogP contribution is 2.44. The van der Waals surface area contributed by atoms with Crippen LogP contribution in [0.15, 0.2) is 249 Å². The number of anilines is 3. The fourth-order valence-corrected chi connectivity index (χ4v) is 8.24. The maximum atomic E-state index is 2.40. The molecule has 278 valence electrons. The SMILES string of the molecule is c1ccc(-c2ccc(N(c3ccc(-c4ccc5ccccc5c4)cc3)c3ccc(-c4ccc(-c5ccccc5)c(-c5ccccc5)c4)cc3-c3ccccc3)cc2)cc1. The average molecular weight is 752 g/mol. The molecule has 0 N–H and O–H groups in total. The number of rotatable bonds is 9. The first-order valence-electron chi connectivity index (χ1n) is 20.2. The maximum absolute atomic E-state index is 2.40. The van der Waals surface area contributed by atoms with Crippen LogP contribution in [-0.2, 0) is 0 Å². The van der Waals surface area contributed by atoms with E-state index in [4.69, 9.17) is 0 Å².